The number of nitrogens with one attached hydrogen (secondary N) is 1. The smallest absolute Gasteiger partial charge is 0.203 e. The number of hydrogen-bond donors (Lipinski definition) is 1. The Morgan fingerprint density at radius 1 is 1.59 bits per heavy atom. The fourth-order valence-electron chi connectivity index (χ4n) is 2.14. The van der Waals surface area contributed by atoms with Crippen LogP contribution in [0.4, 0.5) is 5.82 Å². The molecule has 1 aliphatic heterocycles. The molecule has 1 N–H and O–H groups in total. The Bertz CT molecular complexity index is 505. The second kappa shape index (κ2) is 4.29. The van der Waals surface area contributed by atoms with E-state index in [1.165, 1.54) is 0 Å². The normalized spacial score (nSPS) is 21.8. The summed E-state index contributed by atoms with van der Waals surface area (Å²) in [4.78, 5) is 4.32. The first kappa shape index (κ1) is 10.5. The van der Waals surface area contributed by atoms with Crippen LogP contribution in [-0.2, 0) is 4.74 Å². The predicted molar refractivity (Wildman–Crippen MR) is 62.8 cm³/mol. The molecule has 3 heterocycles. The minimum Gasteiger partial charge on any atom is -0.381 e. The highest BCUT2D eigenvalue weighted by molar-refractivity contribution is 5.61. The summed E-state index contributed by atoms with van der Waals surface area (Å²) in [7, 11) is 0. The molecular weight excluding hydrogens is 218 g/mol. The molecule has 0 saturated carbocycles. The molecule has 0 amide bonds. The van der Waals surface area contributed by atoms with Crippen LogP contribution in [0.1, 0.15) is 13.3 Å². The summed E-state index contributed by atoms with van der Waals surface area (Å²) >= 11 is 0. The molecule has 2 unspecified atom stereocenters. The Morgan fingerprint density at radius 3 is 3.35 bits per heavy atom. The van der Waals surface area contributed by atoms with Crippen molar-refractivity contribution in [2.45, 2.75) is 19.4 Å². The zero-order valence-corrected chi connectivity index (χ0v) is 9.71. The van der Waals surface area contributed by atoms with Crippen molar-refractivity contribution in [3.63, 3.8) is 0 Å². The van der Waals surface area contributed by atoms with E-state index in [-0.39, 0.29) is 0 Å². The number of nitrogens with zero attached hydrogens (tertiary/aromatic N) is 4. The van der Waals surface area contributed by atoms with Gasteiger partial charge in [0.15, 0.2) is 5.82 Å². The van der Waals surface area contributed by atoms with Crippen molar-refractivity contribution in [3.8, 4) is 0 Å². The van der Waals surface area contributed by atoms with Crippen molar-refractivity contribution < 1.29 is 4.74 Å². The highest BCUT2D eigenvalue weighted by Crippen LogP contribution is 2.20. The average molecular weight is 233 g/mol. The molecule has 1 aliphatic rings. The second-order valence-corrected chi connectivity index (χ2v) is 4.39. The molecule has 6 heteroatoms. The van der Waals surface area contributed by atoms with Gasteiger partial charge in [0.1, 0.15) is 6.33 Å². The molecule has 3 rings (SSSR count). The summed E-state index contributed by atoms with van der Waals surface area (Å²) in [5, 5.41) is 11.3. The van der Waals surface area contributed by atoms with Gasteiger partial charge in [0.2, 0.25) is 5.65 Å². The Hall–Kier alpha value is -1.69. The molecule has 2 atom stereocenters. The third-order valence-corrected chi connectivity index (χ3v) is 3.25. The first-order chi connectivity index (χ1) is 8.34. The number of aromatic nitrogens is 4. The topological polar surface area (TPSA) is 64.3 Å². The summed E-state index contributed by atoms with van der Waals surface area (Å²) in [6.07, 6.45) is 6.36. The fourth-order valence-corrected chi connectivity index (χ4v) is 2.14. The molecule has 0 radical (unpaired) electrons. The van der Waals surface area contributed by atoms with Crippen LogP contribution < -0.4 is 5.32 Å². The van der Waals surface area contributed by atoms with E-state index in [1.54, 1.807) is 12.5 Å². The third kappa shape index (κ3) is 1.95. The molecule has 90 valence electrons. The SMILES string of the molecule is CC(Nc1nccn2cnnc12)C1CCOC1. The minimum atomic E-state index is 0.327. The first-order valence-electron chi connectivity index (χ1n) is 5.83. The number of anilines is 1. The average Bonchev–Trinajstić information content (AvgIpc) is 3.00. The molecule has 6 nitrogen and oxygen atoms in total. The van der Waals surface area contributed by atoms with Gasteiger partial charge in [-0.25, -0.2) is 4.98 Å². The van der Waals surface area contributed by atoms with Crippen molar-refractivity contribution in [3.05, 3.63) is 18.7 Å². The lowest BCUT2D eigenvalue weighted by molar-refractivity contribution is 0.183. The van der Waals surface area contributed by atoms with Gasteiger partial charge in [-0.2, -0.15) is 0 Å². The standard InChI is InChI=1S/C11H15N5O/c1-8(9-2-5-17-6-9)14-10-11-15-13-7-16(11)4-3-12-10/h3-4,7-9H,2,5-6H2,1H3,(H,12,14). The molecule has 0 spiro atoms. The molecule has 2 aromatic heterocycles. The zero-order valence-electron chi connectivity index (χ0n) is 9.71. The fraction of sp³-hybridized carbons (Fsp3) is 0.545. The van der Waals surface area contributed by atoms with Crippen molar-refractivity contribution in [1.82, 2.24) is 19.6 Å². The minimum absolute atomic E-state index is 0.327. The van der Waals surface area contributed by atoms with Crippen LogP contribution in [0.2, 0.25) is 0 Å². The Labute approximate surface area is 99.0 Å². The molecular formula is C11H15N5O. The highest BCUT2D eigenvalue weighted by atomic mass is 16.5. The van der Waals surface area contributed by atoms with Crippen molar-refractivity contribution >= 4 is 11.5 Å². The Kier molecular flexibility index (Phi) is 2.64. The monoisotopic (exact) mass is 233 g/mol. The van der Waals surface area contributed by atoms with Gasteiger partial charge >= 0.3 is 0 Å². The van der Waals surface area contributed by atoms with Crippen molar-refractivity contribution in [2.24, 2.45) is 5.92 Å². The third-order valence-electron chi connectivity index (χ3n) is 3.25. The molecule has 17 heavy (non-hydrogen) atoms. The highest BCUT2D eigenvalue weighted by Gasteiger charge is 2.23. The van der Waals surface area contributed by atoms with Crippen LogP contribution in [0, 0.1) is 5.92 Å². The largest absolute Gasteiger partial charge is 0.381 e. The Balaban J connectivity index is 1.81. The predicted octanol–water partition coefficient (Wildman–Crippen LogP) is 0.961. The van der Waals surface area contributed by atoms with E-state index >= 15 is 0 Å². The molecule has 2 aromatic rings. The van der Waals surface area contributed by atoms with E-state index in [9.17, 15) is 0 Å². The summed E-state index contributed by atoms with van der Waals surface area (Å²) in [6.45, 7) is 3.84. The van der Waals surface area contributed by atoms with Crippen LogP contribution >= 0.6 is 0 Å². The number of hydrogen-bond acceptors (Lipinski definition) is 5. The van der Waals surface area contributed by atoms with E-state index in [2.05, 4.69) is 27.4 Å². The number of fused-ring (bicyclic) bond motifs is 1. The number of ether oxygens (including phenoxy) is 1. The van der Waals surface area contributed by atoms with Crippen molar-refractivity contribution in [2.75, 3.05) is 18.5 Å². The van der Waals surface area contributed by atoms with Gasteiger partial charge < -0.3 is 10.1 Å². The van der Waals surface area contributed by atoms with Gasteiger partial charge in [0.05, 0.1) is 6.61 Å². The molecule has 0 aromatic carbocycles. The van der Waals surface area contributed by atoms with Crippen LogP contribution in [0.25, 0.3) is 5.65 Å². The van der Waals surface area contributed by atoms with Gasteiger partial charge in [-0.05, 0) is 13.3 Å². The van der Waals surface area contributed by atoms with E-state index in [0.717, 1.165) is 31.1 Å². The summed E-state index contributed by atoms with van der Waals surface area (Å²) < 4.78 is 7.25. The molecule has 1 saturated heterocycles. The molecule has 1 fully saturated rings. The maximum absolute atomic E-state index is 5.39. The lowest BCUT2D eigenvalue weighted by Gasteiger charge is -2.19. The maximum atomic E-state index is 5.39. The van der Waals surface area contributed by atoms with E-state index in [4.69, 9.17) is 4.74 Å². The molecule has 0 bridgehead atoms. The second-order valence-electron chi connectivity index (χ2n) is 4.39. The van der Waals surface area contributed by atoms with E-state index < -0.39 is 0 Å². The lowest BCUT2D eigenvalue weighted by atomic mass is 10.0. The maximum Gasteiger partial charge on any atom is 0.203 e. The zero-order chi connectivity index (χ0) is 11.7. The van der Waals surface area contributed by atoms with Gasteiger partial charge in [0, 0.05) is 31.0 Å². The molecule has 0 aliphatic carbocycles. The quantitative estimate of drug-likeness (QED) is 0.855. The van der Waals surface area contributed by atoms with Crippen LogP contribution in [0.15, 0.2) is 18.7 Å². The lowest BCUT2D eigenvalue weighted by Crippen LogP contribution is -2.26. The van der Waals surface area contributed by atoms with Crippen LogP contribution in [0.3, 0.4) is 0 Å². The Morgan fingerprint density at radius 2 is 2.53 bits per heavy atom. The van der Waals surface area contributed by atoms with Gasteiger partial charge in [-0.15, -0.1) is 10.2 Å². The van der Waals surface area contributed by atoms with E-state index in [1.807, 2.05) is 10.6 Å². The van der Waals surface area contributed by atoms with Crippen molar-refractivity contribution in [1.29, 1.82) is 0 Å². The van der Waals surface area contributed by atoms with Gasteiger partial charge in [0.25, 0.3) is 0 Å². The summed E-state index contributed by atoms with van der Waals surface area (Å²) in [5.74, 6) is 1.32. The first-order valence-corrected chi connectivity index (χ1v) is 5.83. The van der Waals surface area contributed by atoms with Gasteiger partial charge in [-0.1, -0.05) is 0 Å². The summed E-state index contributed by atoms with van der Waals surface area (Å²) in [6, 6.07) is 0.327. The van der Waals surface area contributed by atoms with E-state index in [0.29, 0.717) is 12.0 Å². The summed E-state index contributed by atoms with van der Waals surface area (Å²) in [5.41, 5.74) is 0.762. The van der Waals surface area contributed by atoms with Crippen LogP contribution in [-0.4, -0.2) is 38.8 Å². The van der Waals surface area contributed by atoms with Crippen LogP contribution in [0.5, 0.6) is 0 Å². The number of rotatable bonds is 3. The van der Waals surface area contributed by atoms with Gasteiger partial charge in [-0.3, -0.25) is 4.40 Å².